The summed E-state index contributed by atoms with van der Waals surface area (Å²) in [5.41, 5.74) is 2.30. The van der Waals surface area contributed by atoms with Crippen molar-refractivity contribution in [3.05, 3.63) is 11.6 Å². The Morgan fingerprint density at radius 2 is 1.60 bits per heavy atom. The summed E-state index contributed by atoms with van der Waals surface area (Å²) in [6.45, 7) is 9.54. The lowest BCUT2D eigenvalue weighted by Crippen LogP contribution is -2.58. The zero-order valence-electron chi connectivity index (χ0n) is 16.7. The second-order valence-corrected chi connectivity index (χ2v) is 10.4. The van der Waals surface area contributed by atoms with E-state index in [0.29, 0.717) is 40.4 Å². The molecule has 4 fully saturated rings. The normalized spacial score (nSPS) is 56.1. The van der Waals surface area contributed by atoms with Crippen molar-refractivity contribution in [2.45, 2.75) is 91.3 Å². The topological polar surface area (TPSA) is 40.5 Å². The van der Waals surface area contributed by atoms with Crippen molar-refractivity contribution in [2.75, 3.05) is 0 Å². The molecule has 0 aromatic rings. The highest BCUT2D eigenvalue weighted by Gasteiger charge is 2.62. The van der Waals surface area contributed by atoms with Gasteiger partial charge in [-0.1, -0.05) is 25.5 Å². The molecule has 2 N–H and O–H groups in total. The lowest BCUT2D eigenvalue weighted by Gasteiger charge is -2.62. The van der Waals surface area contributed by atoms with Crippen LogP contribution in [-0.2, 0) is 0 Å². The summed E-state index contributed by atoms with van der Waals surface area (Å²) in [5.74, 6) is 3.08. The maximum atomic E-state index is 11.2. The Morgan fingerprint density at radius 1 is 0.920 bits per heavy atom. The zero-order chi connectivity index (χ0) is 18.0. The van der Waals surface area contributed by atoms with Crippen LogP contribution < -0.4 is 0 Å². The first-order valence-electron chi connectivity index (χ1n) is 10.8. The highest BCUT2D eigenvalue weighted by molar-refractivity contribution is 5.17. The standard InChI is InChI=1S/C23H38O2/c1-5-14(2)17-6-7-18-21-19(9-11-23(17,18)4)22(3)10-8-16(24)12-15(22)13-20(21)25/h5,15-21,24-25H,6-13H2,1-4H3/b14-5-/t15-,16+,17+,18-,19-,20+,21-,22-,23+/m0/s1. The number of fused-ring (bicyclic) bond motifs is 5. The Labute approximate surface area is 154 Å². The van der Waals surface area contributed by atoms with Gasteiger partial charge in [-0.3, -0.25) is 0 Å². The van der Waals surface area contributed by atoms with E-state index in [1.807, 2.05) is 0 Å². The van der Waals surface area contributed by atoms with Gasteiger partial charge in [-0.25, -0.2) is 0 Å². The molecule has 2 nitrogen and oxygen atoms in total. The summed E-state index contributed by atoms with van der Waals surface area (Å²) in [7, 11) is 0. The SMILES string of the molecule is C/C=C(/C)[C@H]1CC[C@H]2[C@@H]3[C@H](O)C[C@@H]4C[C@H](O)CC[C@]4(C)[C@H]3CC[C@]12C. The molecular formula is C23H38O2. The number of hydrogen-bond donors (Lipinski definition) is 2. The lowest BCUT2D eigenvalue weighted by molar-refractivity contribution is -0.171. The molecule has 0 aliphatic heterocycles. The van der Waals surface area contributed by atoms with Gasteiger partial charge in [-0.05, 0) is 106 Å². The van der Waals surface area contributed by atoms with E-state index in [1.54, 1.807) is 5.57 Å². The quantitative estimate of drug-likeness (QED) is 0.660. The van der Waals surface area contributed by atoms with Gasteiger partial charge in [0, 0.05) is 0 Å². The van der Waals surface area contributed by atoms with Gasteiger partial charge in [0.25, 0.3) is 0 Å². The summed E-state index contributed by atoms with van der Waals surface area (Å²) in [4.78, 5) is 0. The van der Waals surface area contributed by atoms with Gasteiger partial charge in [-0.15, -0.1) is 0 Å². The minimum absolute atomic E-state index is 0.135. The number of aliphatic hydroxyl groups excluding tert-OH is 2. The molecule has 25 heavy (non-hydrogen) atoms. The smallest absolute Gasteiger partial charge is 0.0577 e. The molecule has 4 aliphatic rings. The van der Waals surface area contributed by atoms with Crippen LogP contribution in [0.5, 0.6) is 0 Å². The van der Waals surface area contributed by atoms with Crippen LogP contribution in [0, 0.1) is 40.4 Å². The third-order valence-corrected chi connectivity index (χ3v) is 9.66. The van der Waals surface area contributed by atoms with E-state index in [-0.39, 0.29) is 12.2 Å². The summed E-state index contributed by atoms with van der Waals surface area (Å²) >= 11 is 0. The van der Waals surface area contributed by atoms with Crippen LogP contribution in [0.1, 0.15) is 79.1 Å². The predicted molar refractivity (Wildman–Crippen MR) is 102 cm³/mol. The minimum Gasteiger partial charge on any atom is -0.393 e. The molecule has 0 bridgehead atoms. The fourth-order valence-electron chi connectivity index (χ4n) is 8.15. The molecule has 0 saturated heterocycles. The number of allylic oxidation sites excluding steroid dienone is 2. The highest BCUT2D eigenvalue weighted by Crippen LogP contribution is 2.68. The molecule has 4 saturated carbocycles. The Morgan fingerprint density at radius 3 is 2.32 bits per heavy atom. The average molecular weight is 347 g/mol. The summed E-state index contributed by atoms with van der Waals surface area (Å²) in [6, 6.07) is 0. The molecule has 0 aromatic carbocycles. The maximum Gasteiger partial charge on any atom is 0.0577 e. The van der Waals surface area contributed by atoms with E-state index in [2.05, 4.69) is 33.8 Å². The molecule has 0 unspecified atom stereocenters. The molecule has 4 aliphatic carbocycles. The van der Waals surface area contributed by atoms with Crippen molar-refractivity contribution in [1.82, 2.24) is 0 Å². The van der Waals surface area contributed by atoms with Crippen molar-refractivity contribution in [1.29, 1.82) is 0 Å². The zero-order valence-corrected chi connectivity index (χ0v) is 16.7. The Kier molecular flexibility index (Phi) is 4.40. The van der Waals surface area contributed by atoms with Crippen molar-refractivity contribution in [2.24, 2.45) is 40.4 Å². The molecule has 142 valence electrons. The second kappa shape index (κ2) is 6.09. The highest BCUT2D eigenvalue weighted by atomic mass is 16.3. The van der Waals surface area contributed by atoms with Crippen LogP contribution in [0.3, 0.4) is 0 Å². The van der Waals surface area contributed by atoms with Gasteiger partial charge >= 0.3 is 0 Å². The predicted octanol–water partition coefficient (Wildman–Crippen LogP) is 4.94. The van der Waals surface area contributed by atoms with Gasteiger partial charge in [0.1, 0.15) is 0 Å². The van der Waals surface area contributed by atoms with Gasteiger partial charge in [0.05, 0.1) is 12.2 Å². The lowest BCUT2D eigenvalue weighted by atomic mass is 9.44. The van der Waals surface area contributed by atoms with Gasteiger partial charge in [-0.2, -0.15) is 0 Å². The molecule has 0 aromatic heterocycles. The Balaban J connectivity index is 1.66. The van der Waals surface area contributed by atoms with Crippen LogP contribution in [0.4, 0.5) is 0 Å². The van der Waals surface area contributed by atoms with Gasteiger partial charge in [0.15, 0.2) is 0 Å². The van der Waals surface area contributed by atoms with Crippen LogP contribution in [0.25, 0.3) is 0 Å². The summed E-state index contributed by atoms with van der Waals surface area (Å²) < 4.78 is 0. The molecule has 9 atom stereocenters. The third kappa shape index (κ3) is 2.50. The van der Waals surface area contributed by atoms with Crippen LogP contribution in [-0.4, -0.2) is 22.4 Å². The van der Waals surface area contributed by atoms with Crippen LogP contribution >= 0.6 is 0 Å². The molecule has 0 radical (unpaired) electrons. The molecule has 2 heteroatoms. The number of hydrogen-bond acceptors (Lipinski definition) is 2. The van der Waals surface area contributed by atoms with E-state index < -0.39 is 0 Å². The van der Waals surface area contributed by atoms with Crippen molar-refractivity contribution >= 4 is 0 Å². The Hall–Kier alpha value is -0.340. The fraction of sp³-hybridized carbons (Fsp3) is 0.913. The third-order valence-electron chi connectivity index (χ3n) is 9.66. The van der Waals surface area contributed by atoms with E-state index in [0.717, 1.165) is 25.7 Å². The fourth-order valence-corrected chi connectivity index (χ4v) is 8.15. The van der Waals surface area contributed by atoms with Crippen LogP contribution in [0.15, 0.2) is 11.6 Å². The number of aliphatic hydroxyl groups is 2. The van der Waals surface area contributed by atoms with Gasteiger partial charge in [0.2, 0.25) is 0 Å². The minimum atomic E-state index is -0.150. The molecule has 0 heterocycles. The van der Waals surface area contributed by atoms with Crippen molar-refractivity contribution in [3.63, 3.8) is 0 Å². The van der Waals surface area contributed by atoms with Crippen LogP contribution in [0.2, 0.25) is 0 Å². The van der Waals surface area contributed by atoms with Crippen molar-refractivity contribution < 1.29 is 10.2 Å². The second-order valence-electron chi connectivity index (χ2n) is 10.4. The monoisotopic (exact) mass is 346 g/mol. The van der Waals surface area contributed by atoms with E-state index in [4.69, 9.17) is 0 Å². The molecule has 0 spiro atoms. The first kappa shape index (κ1) is 18.0. The first-order valence-corrected chi connectivity index (χ1v) is 10.8. The summed E-state index contributed by atoms with van der Waals surface area (Å²) in [6.07, 6.45) is 11.2. The van der Waals surface area contributed by atoms with Gasteiger partial charge < -0.3 is 10.2 Å². The largest absolute Gasteiger partial charge is 0.393 e. The molecule has 4 rings (SSSR count). The first-order chi connectivity index (χ1) is 11.8. The molecular weight excluding hydrogens is 308 g/mol. The van der Waals surface area contributed by atoms with E-state index in [9.17, 15) is 10.2 Å². The van der Waals surface area contributed by atoms with Crippen molar-refractivity contribution in [3.8, 4) is 0 Å². The van der Waals surface area contributed by atoms with E-state index >= 15 is 0 Å². The van der Waals surface area contributed by atoms with E-state index in [1.165, 1.54) is 25.7 Å². The summed E-state index contributed by atoms with van der Waals surface area (Å²) in [5, 5.41) is 21.4. The number of rotatable bonds is 1. The average Bonchev–Trinajstić information content (AvgIpc) is 2.93. The molecule has 0 amide bonds. The Bertz CT molecular complexity index is 554. The maximum absolute atomic E-state index is 11.2.